The van der Waals surface area contributed by atoms with Gasteiger partial charge in [0.25, 0.3) is 0 Å². The van der Waals surface area contributed by atoms with E-state index in [-0.39, 0.29) is 23.4 Å². The molecule has 2 aromatic rings. The van der Waals surface area contributed by atoms with Gasteiger partial charge in [-0.15, -0.1) is 0 Å². The molecule has 0 aliphatic carbocycles. The monoisotopic (exact) mass is 655 g/mol. The molecule has 240 valence electrons. The zero-order valence-corrected chi connectivity index (χ0v) is 29.4. The smallest absolute Gasteiger partial charge is 0.211 e. The van der Waals surface area contributed by atoms with Crippen molar-refractivity contribution in [3.63, 3.8) is 0 Å². The van der Waals surface area contributed by atoms with Gasteiger partial charge in [0, 0.05) is 47.4 Å². The molecule has 9 heteroatoms. The Kier molecular flexibility index (Phi) is 12.5. The normalized spacial score (nSPS) is 21.1. The number of hydrogen-bond acceptors (Lipinski definition) is 9. The number of rotatable bonds is 11. The molecule has 0 spiro atoms. The van der Waals surface area contributed by atoms with Crippen molar-refractivity contribution in [3.8, 4) is 0 Å². The first-order valence-electron chi connectivity index (χ1n) is 16.2. The van der Waals surface area contributed by atoms with Gasteiger partial charge in [-0.05, 0) is 131 Å². The molecule has 2 saturated heterocycles. The van der Waals surface area contributed by atoms with E-state index in [2.05, 4.69) is 97.0 Å². The van der Waals surface area contributed by atoms with Gasteiger partial charge in [-0.25, -0.2) is 4.72 Å². The SMILES string of the molecule is CSCC[C@@H]1NSC(c2ccc(N3CCC(OC(C)C)CC3)cc2)=C(c2ccc(N3CCC(OC(C)C)CC3)cc2)SC1=O. The van der Waals surface area contributed by atoms with Crippen molar-refractivity contribution in [2.24, 2.45) is 0 Å². The number of carbonyl (C=O) groups is 1. The number of nitrogens with one attached hydrogen (secondary N) is 1. The van der Waals surface area contributed by atoms with Crippen LogP contribution < -0.4 is 14.5 Å². The molecule has 1 N–H and O–H groups in total. The summed E-state index contributed by atoms with van der Waals surface area (Å²) in [5.74, 6) is 0.955. The lowest BCUT2D eigenvalue weighted by Crippen LogP contribution is -2.37. The summed E-state index contributed by atoms with van der Waals surface area (Å²) in [6.45, 7) is 12.5. The molecule has 44 heavy (non-hydrogen) atoms. The van der Waals surface area contributed by atoms with Crippen LogP contribution in [0.4, 0.5) is 11.4 Å². The largest absolute Gasteiger partial charge is 0.375 e. The van der Waals surface area contributed by atoms with Gasteiger partial charge in [-0.3, -0.25) is 4.79 Å². The van der Waals surface area contributed by atoms with E-state index < -0.39 is 0 Å². The number of hydrogen-bond donors (Lipinski definition) is 1. The van der Waals surface area contributed by atoms with Gasteiger partial charge in [0.2, 0.25) is 5.12 Å². The summed E-state index contributed by atoms with van der Waals surface area (Å²) in [7, 11) is 0. The van der Waals surface area contributed by atoms with Gasteiger partial charge in [0.05, 0.1) is 30.5 Å². The van der Waals surface area contributed by atoms with Crippen molar-refractivity contribution in [2.75, 3.05) is 48.0 Å². The lowest BCUT2D eigenvalue weighted by Gasteiger charge is -2.34. The Morgan fingerprint density at radius 3 is 1.66 bits per heavy atom. The highest BCUT2D eigenvalue weighted by Gasteiger charge is 2.29. The van der Waals surface area contributed by atoms with Crippen LogP contribution in [0.25, 0.3) is 9.81 Å². The summed E-state index contributed by atoms with van der Waals surface area (Å²) >= 11 is 4.80. The van der Waals surface area contributed by atoms with Gasteiger partial charge in [0.1, 0.15) is 0 Å². The third kappa shape index (κ3) is 9.01. The van der Waals surface area contributed by atoms with E-state index in [1.54, 1.807) is 23.7 Å². The highest BCUT2D eigenvalue weighted by Crippen LogP contribution is 2.45. The molecular weight excluding hydrogens is 607 g/mol. The lowest BCUT2D eigenvalue weighted by molar-refractivity contribution is -0.112. The first-order chi connectivity index (χ1) is 21.3. The van der Waals surface area contributed by atoms with Crippen LogP contribution in [-0.4, -0.2) is 73.8 Å². The van der Waals surface area contributed by atoms with Crippen LogP contribution in [-0.2, 0) is 14.3 Å². The van der Waals surface area contributed by atoms with Crippen LogP contribution in [0.5, 0.6) is 0 Å². The Morgan fingerprint density at radius 1 is 0.773 bits per heavy atom. The third-order valence-electron chi connectivity index (χ3n) is 8.41. The van der Waals surface area contributed by atoms with E-state index in [1.807, 2.05) is 0 Å². The van der Waals surface area contributed by atoms with Gasteiger partial charge in [0.15, 0.2) is 0 Å². The minimum absolute atomic E-state index is 0.174. The quantitative estimate of drug-likeness (QED) is 0.243. The van der Waals surface area contributed by atoms with Crippen LogP contribution in [0.1, 0.15) is 70.9 Å². The molecule has 3 aliphatic heterocycles. The van der Waals surface area contributed by atoms with Gasteiger partial charge in [-0.2, -0.15) is 11.8 Å². The molecule has 6 nitrogen and oxygen atoms in total. The highest BCUT2D eigenvalue weighted by atomic mass is 32.2. The molecule has 0 amide bonds. The van der Waals surface area contributed by atoms with E-state index in [0.29, 0.717) is 12.2 Å². The van der Waals surface area contributed by atoms with Crippen molar-refractivity contribution >= 4 is 61.8 Å². The molecule has 0 bridgehead atoms. The van der Waals surface area contributed by atoms with Crippen LogP contribution in [0.15, 0.2) is 48.5 Å². The van der Waals surface area contributed by atoms with E-state index in [9.17, 15) is 4.79 Å². The first-order valence-corrected chi connectivity index (χ1v) is 19.2. The Bertz CT molecular complexity index is 1240. The van der Waals surface area contributed by atoms with Crippen molar-refractivity contribution < 1.29 is 14.3 Å². The summed E-state index contributed by atoms with van der Waals surface area (Å²) < 4.78 is 15.6. The molecule has 3 heterocycles. The standard InChI is InChI=1S/C35H49N3O3S3/c1-24(2)40-30-14-19-37(20-15-30)28-10-6-26(7-11-28)33-34(44-36-32(18-23-42-5)35(39)43-33)27-8-12-29(13-9-27)38-21-16-31(17-22-38)41-25(3)4/h6-13,24-25,30-32,36H,14-23H2,1-5H3/t32-/m0/s1. The number of piperidine rings is 2. The fourth-order valence-corrected chi connectivity index (χ4v) is 8.88. The van der Waals surface area contributed by atoms with E-state index >= 15 is 0 Å². The first kappa shape index (κ1) is 33.7. The zero-order chi connectivity index (χ0) is 31.1. The molecule has 2 aromatic carbocycles. The molecule has 0 radical (unpaired) electrons. The topological polar surface area (TPSA) is 54.0 Å². The maximum absolute atomic E-state index is 13.5. The average molecular weight is 656 g/mol. The van der Waals surface area contributed by atoms with Crippen molar-refractivity contribution in [1.82, 2.24) is 4.72 Å². The Balaban J connectivity index is 1.34. The molecule has 1 atom stereocenters. The second-order valence-electron chi connectivity index (χ2n) is 12.5. The predicted octanol–water partition coefficient (Wildman–Crippen LogP) is 7.93. The number of anilines is 2. The minimum atomic E-state index is -0.174. The average Bonchev–Trinajstić information content (AvgIpc) is 3.19. The van der Waals surface area contributed by atoms with Crippen LogP contribution in [0, 0.1) is 0 Å². The van der Waals surface area contributed by atoms with E-state index in [1.165, 1.54) is 23.1 Å². The molecule has 0 unspecified atom stereocenters. The van der Waals surface area contributed by atoms with Crippen LogP contribution in [0.3, 0.4) is 0 Å². The number of ether oxygens (including phenoxy) is 2. The number of thioether (sulfide) groups is 2. The van der Waals surface area contributed by atoms with Crippen molar-refractivity contribution in [1.29, 1.82) is 0 Å². The van der Waals surface area contributed by atoms with Crippen LogP contribution in [0.2, 0.25) is 0 Å². The third-order valence-corrected chi connectivity index (χ3v) is 11.4. The van der Waals surface area contributed by atoms with E-state index in [4.69, 9.17) is 9.47 Å². The van der Waals surface area contributed by atoms with E-state index in [0.717, 1.165) is 85.0 Å². The molecular formula is C35H49N3O3S3. The highest BCUT2D eigenvalue weighted by molar-refractivity contribution is 8.23. The summed E-state index contributed by atoms with van der Waals surface area (Å²) in [4.78, 5) is 20.5. The van der Waals surface area contributed by atoms with Crippen LogP contribution >= 0.6 is 35.5 Å². The van der Waals surface area contributed by atoms with Gasteiger partial charge in [-0.1, -0.05) is 24.3 Å². The van der Waals surface area contributed by atoms with Crippen molar-refractivity contribution in [2.45, 2.75) is 90.3 Å². The second kappa shape index (κ2) is 16.3. The summed E-state index contributed by atoms with van der Waals surface area (Å²) in [6.07, 6.45) is 8.42. The van der Waals surface area contributed by atoms with Gasteiger partial charge >= 0.3 is 0 Å². The maximum Gasteiger partial charge on any atom is 0.211 e. The number of carbonyl (C=O) groups excluding carboxylic acids is 1. The summed E-state index contributed by atoms with van der Waals surface area (Å²) in [5.41, 5.74) is 4.72. The Labute approximate surface area is 277 Å². The Morgan fingerprint density at radius 2 is 1.23 bits per heavy atom. The molecule has 3 aliphatic rings. The molecule has 2 fully saturated rings. The summed E-state index contributed by atoms with van der Waals surface area (Å²) in [5, 5.41) is 0.191. The minimum Gasteiger partial charge on any atom is -0.375 e. The lowest BCUT2D eigenvalue weighted by atomic mass is 10.0. The predicted molar refractivity (Wildman–Crippen MR) is 193 cm³/mol. The second-order valence-corrected chi connectivity index (χ2v) is 15.3. The maximum atomic E-state index is 13.5. The van der Waals surface area contributed by atoms with Crippen molar-refractivity contribution in [3.05, 3.63) is 59.7 Å². The number of benzene rings is 2. The zero-order valence-electron chi connectivity index (χ0n) is 26.9. The molecule has 0 saturated carbocycles. The fraction of sp³-hybridized carbons (Fsp3) is 0.571. The fourth-order valence-electron chi connectivity index (χ4n) is 6.15. The molecule has 0 aromatic heterocycles. The number of nitrogens with zero attached hydrogens (tertiary/aromatic N) is 2. The van der Waals surface area contributed by atoms with Gasteiger partial charge < -0.3 is 19.3 Å². The molecule has 5 rings (SSSR count). The summed E-state index contributed by atoms with van der Waals surface area (Å²) in [6, 6.07) is 17.6. The Hall–Kier alpha value is -1.62.